The van der Waals surface area contributed by atoms with Crippen molar-refractivity contribution in [3.63, 3.8) is 0 Å². The Morgan fingerprint density at radius 2 is 1.96 bits per heavy atom. The fourth-order valence-corrected chi connectivity index (χ4v) is 4.11. The van der Waals surface area contributed by atoms with Crippen molar-refractivity contribution in [2.75, 3.05) is 18.4 Å². The lowest BCUT2D eigenvalue weighted by Gasteiger charge is -2.15. The molecule has 0 unspecified atom stereocenters. The van der Waals surface area contributed by atoms with Gasteiger partial charge < -0.3 is 10.2 Å². The molecule has 4 rings (SSSR count). The summed E-state index contributed by atoms with van der Waals surface area (Å²) in [6, 6.07) is 9.03. The smallest absolute Gasteiger partial charge is 0.259 e. The van der Waals surface area contributed by atoms with E-state index in [2.05, 4.69) is 10.3 Å². The minimum absolute atomic E-state index is 0.0582. The monoisotopic (exact) mass is 368 g/mol. The van der Waals surface area contributed by atoms with Crippen molar-refractivity contribution in [1.29, 1.82) is 0 Å². The molecule has 1 fully saturated rings. The number of amides is 1. The molecule has 6 nitrogen and oxygen atoms in total. The first-order valence-electron chi connectivity index (χ1n) is 8.72. The number of anilines is 1. The molecule has 0 atom stereocenters. The predicted molar refractivity (Wildman–Crippen MR) is 103 cm³/mol. The summed E-state index contributed by atoms with van der Waals surface area (Å²) < 4.78 is 1.62. The Morgan fingerprint density at radius 3 is 2.69 bits per heavy atom. The van der Waals surface area contributed by atoms with E-state index in [-0.39, 0.29) is 11.5 Å². The second kappa shape index (κ2) is 6.92. The fraction of sp³-hybridized carbons (Fsp3) is 0.316. The van der Waals surface area contributed by atoms with Gasteiger partial charge in [-0.1, -0.05) is 0 Å². The number of aryl methyl sites for hydroxylation is 1. The van der Waals surface area contributed by atoms with E-state index in [1.54, 1.807) is 10.5 Å². The number of carbonyl (C=O) groups excluding carboxylic acids is 1. The summed E-state index contributed by atoms with van der Waals surface area (Å²) in [4.78, 5) is 31.7. The van der Waals surface area contributed by atoms with E-state index in [1.165, 1.54) is 11.3 Å². The fourth-order valence-electron chi connectivity index (χ4n) is 3.22. The van der Waals surface area contributed by atoms with E-state index in [0.29, 0.717) is 22.8 Å². The Hall–Kier alpha value is -2.67. The lowest BCUT2D eigenvalue weighted by atomic mass is 10.2. The van der Waals surface area contributed by atoms with Crippen molar-refractivity contribution in [2.45, 2.75) is 26.3 Å². The lowest BCUT2D eigenvalue weighted by molar-refractivity contribution is 0.0793. The zero-order valence-corrected chi connectivity index (χ0v) is 15.4. The molecule has 1 aliphatic rings. The van der Waals surface area contributed by atoms with Crippen LogP contribution < -0.4 is 10.9 Å². The van der Waals surface area contributed by atoms with Crippen LogP contribution in [0.3, 0.4) is 0 Å². The van der Waals surface area contributed by atoms with Gasteiger partial charge in [-0.3, -0.25) is 14.0 Å². The molecule has 2 aromatic heterocycles. The standard InChI is InChI=1S/C19H20N4O2S/c1-13-12-26-19-21-16(10-17(24)23(13)19)11-20-15-6-4-14(5-7-15)18(25)22-8-2-3-9-22/h4-7,10,12,20H,2-3,8-9,11H2,1H3. The molecule has 1 aromatic carbocycles. The maximum atomic E-state index is 12.4. The van der Waals surface area contributed by atoms with Crippen LogP contribution in [0.4, 0.5) is 5.69 Å². The largest absolute Gasteiger partial charge is 0.379 e. The van der Waals surface area contributed by atoms with Crippen molar-refractivity contribution in [2.24, 2.45) is 0 Å². The second-order valence-corrected chi connectivity index (χ2v) is 7.35. The quantitative estimate of drug-likeness (QED) is 0.769. The van der Waals surface area contributed by atoms with Crippen LogP contribution >= 0.6 is 11.3 Å². The van der Waals surface area contributed by atoms with E-state index < -0.39 is 0 Å². The number of nitrogens with one attached hydrogen (secondary N) is 1. The Morgan fingerprint density at radius 1 is 1.23 bits per heavy atom. The normalized spacial score (nSPS) is 14.1. The molecule has 3 aromatic rings. The Labute approximate surface area is 155 Å². The van der Waals surface area contributed by atoms with Crippen LogP contribution in [-0.2, 0) is 6.54 Å². The molecule has 0 spiro atoms. The third-order valence-corrected chi connectivity index (χ3v) is 5.57. The van der Waals surface area contributed by atoms with Gasteiger partial charge in [0.1, 0.15) is 0 Å². The number of thiazole rings is 1. The molecular formula is C19H20N4O2S. The summed E-state index contributed by atoms with van der Waals surface area (Å²) >= 11 is 1.46. The first-order valence-corrected chi connectivity index (χ1v) is 9.60. The summed E-state index contributed by atoms with van der Waals surface area (Å²) in [7, 11) is 0. The van der Waals surface area contributed by atoms with Gasteiger partial charge in [0.15, 0.2) is 4.96 Å². The first-order chi connectivity index (χ1) is 12.6. The molecule has 1 aliphatic heterocycles. The van der Waals surface area contributed by atoms with Crippen molar-refractivity contribution >= 4 is 27.9 Å². The molecule has 0 aliphatic carbocycles. The Kier molecular flexibility index (Phi) is 4.46. The highest BCUT2D eigenvalue weighted by Gasteiger charge is 2.19. The highest BCUT2D eigenvalue weighted by atomic mass is 32.1. The summed E-state index contributed by atoms with van der Waals surface area (Å²) in [6.45, 7) is 4.06. The highest BCUT2D eigenvalue weighted by molar-refractivity contribution is 7.15. The molecule has 7 heteroatoms. The molecule has 1 N–H and O–H groups in total. The van der Waals surface area contributed by atoms with E-state index in [1.807, 2.05) is 41.5 Å². The topological polar surface area (TPSA) is 66.7 Å². The molecule has 1 saturated heterocycles. The van der Waals surface area contributed by atoms with Crippen LogP contribution in [0.15, 0.2) is 40.5 Å². The van der Waals surface area contributed by atoms with Gasteiger partial charge in [0.2, 0.25) is 0 Å². The molecule has 3 heterocycles. The van der Waals surface area contributed by atoms with Crippen LogP contribution in [0.2, 0.25) is 0 Å². The van der Waals surface area contributed by atoms with Gasteiger partial charge in [-0.05, 0) is 44.0 Å². The maximum Gasteiger partial charge on any atom is 0.259 e. The summed E-state index contributed by atoms with van der Waals surface area (Å²) in [5.41, 5.74) is 3.16. The molecule has 1 amide bonds. The molecule has 134 valence electrons. The number of likely N-dealkylation sites (tertiary alicyclic amines) is 1. The minimum Gasteiger partial charge on any atom is -0.379 e. The summed E-state index contributed by atoms with van der Waals surface area (Å²) in [5, 5.41) is 5.19. The predicted octanol–water partition coefficient (Wildman–Crippen LogP) is 2.91. The van der Waals surface area contributed by atoms with Gasteiger partial charge in [-0.2, -0.15) is 0 Å². The van der Waals surface area contributed by atoms with Gasteiger partial charge >= 0.3 is 0 Å². The first kappa shape index (κ1) is 16.8. The minimum atomic E-state index is -0.0582. The van der Waals surface area contributed by atoms with E-state index in [0.717, 1.165) is 37.3 Å². The van der Waals surface area contributed by atoms with E-state index >= 15 is 0 Å². The molecule has 0 saturated carbocycles. The van der Waals surface area contributed by atoms with Crippen LogP contribution in [-0.4, -0.2) is 33.3 Å². The van der Waals surface area contributed by atoms with E-state index in [4.69, 9.17) is 0 Å². The van der Waals surface area contributed by atoms with Crippen LogP contribution in [0, 0.1) is 6.92 Å². The summed E-state index contributed by atoms with van der Waals surface area (Å²) in [6.07, 6.45) is 2.18. The zero-order chi connectivity index (χ0) is 18.1. The van der Waals surface area contributed by atoms with Crippen molar-refractivity contribution in [3.8, 4) is 0 Å². The number of benzene rings is 1. The molecular weight excluding hydrogens is 348 g/mol. The van der Waals surface area contributed by atoms with Crippen molar-refractivity contribution in [3.05, 3.63) is 63.0 Å². The lowest BCUT2D eigenvalue weighted by Crippen LogP contribution is -2.27. The summed E-state index contributed by atoms with van der Waals surface area (Å²) in [5.74, 6) is 0.0993. The Balaban J connectivity index is 1.45. The van der Waals surface area contributed by atoms with Crippen molar-refractivity contribution in [1.82, 2.24) is 14.3 Å². The van der Waals surface area contributed by atoms with Gasteiger partial charge in [-0.25, -0.2) is 4.98 Å². The number of hydrogen-bond acceptors (Lipinski definition) is 5. The van der Waals surface area contributed by atoms with Gasteiger partial charge in [0.25, 0.3) is 11.5 Å². The van der Waals surface area contributed by atoms with Gasteiger partial charge in [0.05, 0.1) is 12.2 Å². The SMILES string of the molecule is Cc1csc2nc(CNc3ccc(C(=O)N4CCCC4)cc3)cc(=O)n12. The third-order valence-electron chi connectivity index (χ3n) is 4.63. The van der Waals surface area contributed by atoms with Crippen molar-refractivity contribution < 1.29 is 4.79 Å². The maximum absolute atomic E-state index is 12.4. The Bertz CT molecular complexity index is 1000. The highest BCUT2D eigenvalue weighted by Crippen LogP contribution is 2.16. The molecule has 26 heavy (non-hydrogen) atoms. The number of hydrogen-bond donors (Lipinski definition) is 1. The zero-order valence-electron chi connectivity index (χ0n) is 14.6. The van der Waals surface area contributed by atoms with E-state index in [9.17, 15) is 9.59 Å². The average molecular weight is 368 g/mol. The number of carbonyl (C=O) groups is 1. The number of rotatable bonds is 4. The number of fused-ring (bicyclic) bond motifs is 1. The number of nitrogens with zero attached hydrogens (tertiary/aromatic N) is 3. The van der Waals surface area contributed by atoms with Crippen LogP contribution in [0.5, 0.6) is 0 Å². The van der Waals surface area contributed by atoms with Gasteiger partial charge in [-0.15, -0.1) is 11.3 Å². The van der Waals surface area contributed by atoms with Crippen LogP contribution in [0.25, 0.3) is 4.96 Å². The average Bonchev–Trinajstić information content (AvgIpc) is 3.30. The number of aromatic nitrogens is 2. The molecule has 0 radical (unpaired) electrons. The second-order valence-electron chi connectivity index (χ2n) is 6.51. The third kappa shape index (κ3) is 3.22. The molecule has 0 bridgehead atoms. The van der Waals surface area contributed by atoms with Crippen LogP contribution in [0.1, 0.15) is 34.6 Å². The van der Waals surface area contributed by atoms with Gasteiger partial charge in [0, 0.05) is 41.5 Å².